The molecule has 0 aliphatic heterocycles. The normalized spacial score (nSPS) is 11.2. The van der Waals surface area contributed by atoms with E-state index in [-0.39, 0.29) is 32.8 Å². The Hall–Kier alpha value is -4.50. The van der Waals surface area contributed by atoms with E-state index in [2.05, 4.69) is 20.1 Å². The van der Waals surface area contributed by atoms with Gasteiger partial charge in [0.05, 0.1) is 38.2 Å². The van der Waals surface area contributed by atoms with Gasteiger partial charge >= 0.3 is 18.0 Å². The van der Waals surface area contributed by atoms with Crippen LogP contribution in [0.5, 0.6) is 5.75 Å². The van der Waals surface area contributed by atoms with Crippen molar-refractivity contribution in [3.05, 3.63) is 70.1 Å². The second kappa shape index (κ2) is 10.7. The summed E-state index contributed by atoms with van der Waals surface area (Å²) >= 11 is 0.798. The van der Waals surface area contributed by atoms with E-state index in [0.717, 1.165) is 55.0 Å². The molecule has 0 bridgehead atoms. The standard InChI is InChI=1S/C24H19F2N3O8S2/c1-35-18-9-14(26)15(10-19(18)39(33,34)29-8-7-12-13(25)5-4-6-17(12)29)27-24(32)28-16-11-38-21(23(31)37-3)20(16)22(30)36-2/h4-11H,1-3H3,(H2,27,28,32). The van der Waals surface area contributed by atoms with Gasteiger partial charge in [-0.2, -0.15) is 0 Å². The molecule has 0 saturated carbocycles. The average Bonchev–Trinajstić information content (AvgIpc) is 3.54. The molecule has 0 atom stereocenters. The number of carbonyl (C=O) groups excluding carboxylic acids is 3. The fourth-order valence-electron chi connectivity index (χ4n) is 3.69. The molecular weight excluding hydrogens is 560 g/mol. The number of methoxy groups -OCH3 is 3. The molecule has 2 aromatic heterocycles. The fraction of sp³-hybridized carbons (Fsp3) is 0.125. The van der Waals surface area contributed by atoms with Crippen molar-refractivity contribution in [3.63, 3.8) is 0 Å². The number of nitrogens with one attached hydrogen (secondary N) is 2. The Balaban J connectivity index is 1.70. The van der Waals surface area contributed by atoms with Crippen molar-refractivity contribution in [1.29, 1.82) is 0 Å². The molecule has 0 spiro atoms. The number of hydrogen-bond acceptors (Lipinski definition) is 9. The van der Waals surface area contributed by atoms with Crippen molar-refractivity contribution < 1.29 is 45.8 Å². The molecule has 0 fully saturated rings. The van der Waals surface area contributed by atoms with Crippen LogP contribution in [0.4, 0.5) is 25.0 Å². The highest BCUT2D eigenvalue weighted by Crippen LogP contribution is 2.34. The van der Waals surface area contributed by atoms with Crippen molar-refractivity contribution in [2.75, 3.05) is 32.0 Å². The molecule has 39 heavy (non-hydrogen) atoms. The van der Waals surface area contributed by atoms with Gasteiger partial charge in [0.2, 0.25) is 0 Å². The lowest BCUT2D eigenvalue weighted by atomic mass is 10.2. The average molecular weight is 580 g/mol. The summed E-state index contributed by atoms with van der Waals surface area (Å²) in [6.07, 6.45) is 1.13. The molecule has 2 heterocycles. The molecular formula is C24H19F2N3O8S2. The van der Waals surface area contributed by atoms with Crippen molar-refractivity contribution >= 4 is 61.6 Å². The Morgan fingerprint density at radius 3 is 2.28 bits per heavy atom. The summed E-state index contributed by atoms with van der Waals surface area (Å²) in [5.41, 5.74) is -0.942. The zero-order valence-electron chi connectivity index (χ0n) is 20.4. The van der Waals surface area contributed by atoms with Crippen LogP contribution in [0.25, 0.3) is 10.9 Å². The van der Waals surface area contributed by atoms with E-state index < -0.39 is 50.2 Å². The number of hydrogen-bond donors (Lipinski definition) is 2. The van der Waals surface area contributed by atoms with Gasteiger partial charge in [-0.1, -0.05) is 6.07 Å². The zero-order chi connectivity index (χ0) is 28.5. The van der Waals surface area contributed by atoms with Crippen LogP contribution in [0.15, 0.2) is 52.9 Å². The van der Waals surface area contributed by atoms with Crippen molar-refractivity contribution in [1.82, 2.24) is 3.97 Å². The van der Waals surface area contributed by atoms with Crippen LogP contribution in [0.3, 0.4) is 0 Å². The molecule has 0 aliphatic rings. The van der Waals surface area contributed by atoms with E-state index in [4.69, 9.17) is 4.74 Å². The largest absolute Gasteiger partial charge is 0.495 e. The SMILES string of the molecule is COC(=O)c1scc(NC(=O)Nc2cc(S(=O)(=O)n3ccc4c(F)cccc43)c(OC)cc2F)c1C(=O)OC. The molecule has 0 unspecified atom stereocenters. The van der Waals surface area contributed by atoms with E-state index >= 15 is 0 Å². The van der Waals surface area contributed by atoms with Crippen LogP contribution in [0.2, 0.25) is 0 Å². The summed E-state index contributed by atoms with van der Waals surface area (Å²) in [5.74, 6) is -3.83. The number of fused-ring (bicyclic) bond motifs is 1. The maximum Gasteiger partial charge on any atom is 0.349 e. The van der Waals surface area contributed by atoms with Crippen LogP contribution in [0.1, 0.15) is 20.0 Å². The maximum absolute atomic E-state index is 14.9. The zero-order valence-corrected chi connectivity index (χ0v) is 22.0. The molecule has 2 aromatic carbocycles. The second-order valence-corrected chi connectivity index (χ2v) is 10.4. The summed E-state index contributed by atoms with van der Waals surface area (Å²) in [6.45, 7) is 0. The van der Waals surface area contributed by atoms with Gasteiger partial charge in [-0.05, 0) is 24.3 Å². The number of thiophene rings is 1. The lowest BCUT2D eigenvalue weighted by molar-refractivity contribution is 0.0561. The summed E-state index contributed by atoms with van der Waals surface area (Å²) in [4.78, 5) is 36.3. The summed E-state index contributed by atoms with van der Waals surface area (Å²) < 4.78 is 71.2. The topological polar surface area (TPSA) is 142 Å². The number of halogens is 2. The minimum Gasteiger partial charge on any atom is -0.495 e. The summed E-state index contributed by atoms with van der Waals surface area (Å²) in [5, 5.41) is 5.79. The Labute approximate surface area is 223 Å². The number of anilines is 2. The number of ether oxygens (including phenoxy) is 3. The highest BCUT2D eigenvalue weighted by atomic mass is 32.2. The third-order valence-corrected chi connectivity index (χ3v) is 8.15. The molecule has 4 aromatic rings. The van der Waals surface area contributed by atoms with Gasteiger partial charge in [-0.25, -0.2) is 35.6 Å². The Morgan fingerprint density at radius 2 is 1.62 bits per heavy atom. The van der Waals surface area contributed by atoms with Gasteiger partial charge in [-0.15, -0.1) is 11.3 Å². The van der Waals surface area contributed by atoms with Crippen LogP contribution in [-0.2, 0) is 19.5 Å². The number of nitrogens with zero attached hydrogens (tertiary/aromatic N) is 1. The maximum atomic E-state index is 14.9. The van der Waals surface area contributed by atoms with E-state index in [1.807, 2.05) is 0 Å². The predicted octanol–water partition coefficient (Wildman–Crippen LogP) is 4.44. The molecule has 11 nitrogen and oxygen atoms in total. The lowest BCUT2D eigenvalue weighted by Gasteiger charge is -2.15. The van der Waals surface area contributed by atoms with Crippen LogP contribution >= 0.6 is 11.3 Å². The van der Waals surface area contributed by atoms with Crippen molar-refractivity contribution in [3.8, 4) is 5.75 Å². The first-order chi connectivity index (χ1) is 18.5. The number of benzene rings is 2. The van der Waals surface area contributed by atoms with Crippen molar-refractivity contribution in [2.24, 2.45) is 0 Å². The summed E-state index contributed by atoms with van der Waals surface area (Å²) in [7, 11) is -1.16. The Bertz CT molecular complexity index is 1730. The van der Waals surface area contributed by atoms with E-state index in [0.29, 0.717) is 0 Å². The molecule has 4 rings (SSSR count). The Kier molecular flexibility index (Phi) is 7.56. The van der Waals surface area contributed by atoms with Crippen LogP contribution in [-0.4, -0.2) is 51.7 Å². The quantitative estimate of drug-likeness (QED) is 0.306. The second-order valence-electron chi connectivity index (χ2n) is 7.69. The number of amides is 2. The molecule has 204 valence electrons. The first-order valence-electron chi connectivity index (χ1n) is 10.8. The van der Waals surface area contributed by atoms with Gasteiger partial charge in [0, 0.05) is 23.0 Å². The third-order valence-electron chi connectivity index (χ3n) is 5.48. The van der Waals surface area contributed by atoms with Crippen LogP contribution < -0.4 is 15.4 Å². The van der Waals surface area contributed by atoms with Gasteiger partial charge in [0.1, 0.15) is 26.9 Å². The minimum atomic E-state index is -4.47. The highest BCUT2D eigenvalue weighted by Gasteiger charge is 2.28. The number of rotatable bonds is 7. The number of esters is 2. The van der Waals surface area contributed by atoms with E-state index in [1.165, 1.54) is 29.6 Å². The molecule has 0 aliphatic carbocycles. The number of carbonyl (C=O) groups is 3. The van der Waals surface area contributed by atoms with E-state index in [1.54, 1.807) is 0 Å². The van der Waals surface area contributed by atoms with Gasteiger partial charge in [-0.3, -0.25) is 0 Å². The summed E-state index contributed by atoms with van der Waals surface area (Å²) in [6, 6.07) is 5.69. The third kappa shape index (κ3) is 5.00. The molecule has 2 N–H and O–H groups in total. The van der Waals surface area contributed by atoms with Gasteiger partial charge < -0.3 is 24.8 Å². The molecule has 2 amide bonds. The van der Waals surface area contributed by atoms with Gasteiger partial charge in [0.25, 0.3) is 10.0 Å². The van der Waals surface area contributed by atoms with E-state index in [9.17, 15) is 31.6 Å². The minimum absolute atomic E-state index is 0.0304. The van der Waals surface area contributed by atoms with Gasteiger partial charge in [0.15, 0.2) is 5.82 Å². The molecule has 0 saturated heterocycles. The van der Waals surface area contributed by atoms with Crippen molar-refractivity contribution in [2.45, 2.75) is 4.90 Å². The molecule has 0 radical (unpaired) electrons. The first kappa shape index (κ1) is 27.5. The molecule has 15 heteroatoms. The highest BCUT2D eigenvalue weighted by molar-refractivity contribution is 7.90. The smallest absolute Gasteiger partial charge is 0.349 e. The first-order valence-corrected chi connectivity index (χ1v) is 13.1. The predicted molar refractivity (Wildman–Crippen MR) is 137 cm³/mol. The monoisotopic (exact) mass is 579 g/mol. The fourth-order valence-corrected chi connectivity index (χ4v) is 6.10. The Morgan fingerprint density at radius 1 is 0.923 bits per heavy atom. The number of aromatic nitrogens is 1. The number of urea groups is 1. The lowest BCUT2D eigenvalue weighted by Crippen LogP contribution is -2.22. The van der Waals surface area contributed by atoms with Crippen LogP contribution in [0, 0.1) is 11.6 Å².